The molecule has 3 amide bonds. The molecule has 0 saturated carbocycles. The normalized spacial score (nSPS) is 16.8. The van der Waals surface area contributed by atoms with Crippen LogP contribution in [-0.4, -0.2) is 46.6 Å². The maximum Gasteiger partial charge on any atom is 0.410 e. The lowest BCUT2D eigenvalue weighted by molar-refractivity contribution is -0.127. The zero-order valence-corrected chi connectivity index (χ0v) is 21.4. The summed E-state index contributed by atoms with van der Waals surface area (Å²) in [6.45, 7) is 3.24. The summed E-state index contributed by atoms with van der Waals surface area (Å²) in [4.78, 5) is 52.3. The van der Waals surface area contributed by atoms with E-state index >= 15 is 0 Å². The fraction of sp³-hybridized carbons (Fsp3) is 0.259. The Labute approximate surface area is 223 Å². The molecule has 1 saturated heterocycles. The lowest BCUT2D eigenvalue weighted by atomic mass is 9.94. The molecule has 1 aromatic heterocycles. The molecule has 0 radical (unpaired) electrons. The van der Waals surface area contributed by atoms with Gasteiger partial charge in [0.2, 0.25) is 11.8 Å². The smallest absolute Gasteiger partial charge is 0.410 e. The van der Waals surface area contributed by atoms with Crippen molar-refractivity contribution in [1.29, 1.82) is 0 Å². The fourth-order valence-corrected chi connectivity index (χ4v) is 4.28. The van der Waals surface area contributed by atoms with Crippen LogP contribution in [0.1, 0.15) is 13.8 Å². The van der Waals surface area contributed by atoms with Crippen LogP contribution in [0.15, 0.2) is 71.7 Å². The summed E-state index contributed by atoms with van der Waals surface area (Å²) < 4.78 is 21.4. The molecule has 1 aliphatic rings. The predicted octanol–water partition coefficient (Wildman–Crippen LogP) is 4.30. The number of nitrogens with zero attached hydrogens (tertiary/aromatic N) is 2. The van der Waals surface area contributed by atoms with Crippen LogP contribution in [0.2, 0.25) is 5.02 Å². The van der Waals surface area contributed by atoms with Gasteiger partial charge in [0, 0.05) is 42.1 Å². The molecule has 9 nitrogen and oxygen atoms in total. The Hall–Kier alpha value is -4.18. The highest BCUT2D eigenvalue weighted by Gasteiger charge is 2.44. The molecule has 2 aromatic carbocycles. The van der Waals surface area contributed by atoms with Crippen molar-refractivity contribution in [2.45, 2.75) is 20.0 Å². The summed E-state index contributed by atoms with van der Waals surface area (Å²) >= 11 is 5.91. The van der Waals surface area contributed by atoms with Gasteiger partial charge < -0.3 is 20.3 Å². The van der Waals surface area contributed by atoms with Crippen molar-refractivity contribution in [3.05, 3.63) is 88.1 Å². The first-order valence-electron chi connectivity index (χ1n) is 11.9. The highest BCUT2D eigenvalue weighted by atomic mass is 35.5. The molecule has 198 valence electrons. The van der Waals surface area contributed by atoms with E-state index in [0.29, 0.717) is 10.7 Å². The Balaban J connectivity index is 1.54. The molecular formula is C27H26ClFN4O5. The number of likely N-dealkylation sites (tertiary alicyclic amines) is 1. The average molecular weight is 541 g/mol. The summed E-state index contributed by atoms with van der Waals surface area (Å²) in [6.07, 6.45) is 0.465. The highest BCUT2D eigenvalue weighted by Crippen LogP contribution is 2.28. The van der Waals surface area contributed by atoms with E-state index < -0.39 is 35.6 Å². The summed E-state index contributed by atoms with van der Waals surface area (Å²) in [5, 5.41) is 5.76. The third-order valence-corrected chi connectivity index (χ3v) is 6.26. The van der Waals surface area contributed by atoms with Gasteiger partial charge in [-0.05, 0) is 56.3 Å². The first-order valence-corrected chi connectivity index (χ1v) is 12.3. The number of hydrogen-bond acceptors (Lipinski definition) is 5. The molecule has 1 fully saturated rings. The zero-order valence-electron chi connectivity index (χ0n) is 20.7. The molecule has 3 aromatic rings. The minimum absolute atomic E-state index is 0.0542. The molecule has 2 atom stereocenters. The standard InChI is InChI=1S/C27H26ClFN4O5/c1-16(2)38-27(37)32-14-20(25(35)30-18-8-6-17(28)7-9-18)21(15-32)26(36)31-23-11-10-19(13-22(23)29)33-12-4-3-5-24(33)34/h3-13,16,20-21H,14-15H2,1-2H3,(H,30,35)(H,31,36)/t20-,21-/m0/s1. The number of anilines is 2. The topological polar surface area (TPSA) is 110 Å². The molecule has 38 heavy (non-hydrogen) atoms. The zero-order chi connectivity index (χ0) is 27.4. The minimum atomic E-state index is -0.974. The van der Waals surface area contributed by atoms with Gasteiger partial charge in [0.15, 0.2) is 0 Å². The van der Waals surface area contributed by atoms with Crippen LogP contribution in [-0.2, 0) is 14.3 Å². The van der Waals surface area contributed by atoms with Gasteiger partial charge in [-0.15, -0.1) is 0 Å². The average Bonchev–Trinajstić information content (AvgIpc) is 3.33. The molecule has 2 heterocycles. The molecule has 1 aliphatic heterocycles. The number of nitrogens with one attached hydrogen (secondary N) is 2. The van der Waals surface area contributed by atoms with E-state index in [4.69, 9.17) is 16.3 Å². The summed E-state index contributed by atoms with van der Waals surface area (Å²) in [6, 6.07) is 15.0. The second-order valence-electron chi connectivity index (χ2n) is 9.11. The summed E-state index contributed by atoms with van der Waals surface area (Å²) in [5.74, 6) is -3.77. The third kappa shape index (κ3) is 6.20. The first kappa shape index (κ1) is 26.9. The van der Waals surface area contributed by atoms with Crippen molar-refractivity contribution in [3.8, 4) is 5.69 Å². The van der Waals surface area contributed by atoms with Crippen LogP contribution in [0.3, 0.4) is 0 Å². The second-order valence-corrected chi connectivity index (χ2v) is 9.55. The lowest BCUT2D eigenvalue weighted by Crippen LogP contribution is -2.35. The number of ether oxygens (including phenoxy) is 1. The van der Waals surface area contributed by atoms with Gasteiger partial charge in [0.25, 0.3) is 5.56 Å². The number of amides is 3. The molecule has 0 spiro atoms. The van der Waals surface area contributed by atoms with E-state index in [2.05, 4.69) is 10.6 Å². The quantitative estimate of drug-likeness (QED) is 0.484. The van der Waals surface area contributed by atoms with E-state index in [0.717, 1.165) is 6.07 Å². The Bertz CT molecular complexity index is 1410. The monoisotopic (exact) mass is 540 g/mol. The van der Waals surface area contributed by atoms with Crippen LogP contribution in [0.4, 0.5) is 20.6 Å². The number of aromatic nitrogens is 1. The number of carbonyl (C=O) groups excluding carboxylic acids is 3. The van der Waals surface area contributed by atoms with Gasteiger partial charge in [-0.3, -0.25) is 19.0 Å². The number of halogens is 2. The Kier molecular flexibility index (Phi) is 8.11. The van der Waals surface area contributed by atoms with E-state index in [1.807, 2.05) is 0 Å². The van der Waals surface area contributed by atoms with Gasteiger partial charge in [0.05, 0.1) is 29.3 Å². The van der Waals surface area contributed by atoms with E-state index in [1.54, 1.807) is 50.2 Å². The number of rotatable bonds is 6. The molecule has 0 unspecified atom stereocenters. The maximum atomic E-state index is 14.9. The molecular weight excluding hydrogens is 515 g/mol. The van der Waals surface area contributed by atoms with Crippen molar-refractivity contribution >= 4 is 40.9 Å². The van der Waals surface area contributed by atoms with Gasteiger partial charge in [-0.2, -0.15) is 0 Å². The fourth-order valence-electron chi connectivity index (χ4n) is 4.15. The van der Waals surface area contributed by atoms with Crippen molar-refractivity contribution in [1.82, 2.24) is 9.47 Å². The van der Waals surface area contributed by atoms with Gasteiger partial charge >= 0.3 is 6.09 Å². The molecule has 0 bridgehead atoms. The van der Waals surface area contributed by atoms with E-state index in [9.17, 15) is 23.6 Å². The molecule has 0 aliphatic carbocycles. The van der Waals surface area contributed by atoms with Crippen LogP contribution < -0.4 is 16.2 Å². The number of benzene rings is 2. The predicted molar refractivity (Wildman–Crippen MR) is 141 cm³/mol. The number of hydrogen-bond donors (Lipinski definition) is 2. The second kappa shape index (κ2) is 11.5. The Morgan fingerprint density at radius 2 is 1.63 bits per heavy atom. The van der Waals surface area contributed by atoms with Crippen molar-refractivity contribution in [2.75, 3.05) is 23.7 Å². The highest BCUT2D eigenvalue weighted by molar-refractivity contribution is 6.30. The van der Waals surface area contributed by atoms with Gasteiger partial charge in [-0.1, -0.05) is 17.7 Å². The van der Waals surface area contributed by atoms with Crippen molar-refractivity contribution in [2.24, 2.45) is 11.8 Å². The number of pyridine rings is 1. The SMILES string of the molecule is CC(C)OC(=O)N1C[C@H](C(=O)Nc2ccc(Cl)cc2)[C@@H](C(=O)Nc2ccc(-n3ccccc3=O)cc2F)C1. The van der Waals surface area contributed by atoms with Crippen LogP contribution in [0.5, 0.6) is 0 Å². The molecule has 11 heteroatoms. The van der Waals surface area contributed by atoms with Crippen molar-refractivity contribution < 1.29 is 23.5 Å². The molecule has 2 N–H and O–H groups in total. The first-order chi connectivity index (χ1) is 18.1. The van der Waals surface area contributed by atoms with Crippen LogP contribution in [0, 0.1) is 17.7 Å². The van der Waals surface area contributed by atoms with E-state index in [1.165, 1.54) is 33.9 Å². The largest absolute Gasteiger partial charge is 0.447 e. The van der Waals surface area contributed by atoms with Gasteiger partial charge in [0.1, 0.15) is 5.82 Å². The lowest BCUT2D eigenvalue weighted by Gasteiger charge is -2.18. The van der Waals surface area contributed by atoms with Crippen molar-refractivity contribution in [3.63, 3.8) is 0 Å². The van der Waals surface area contributed by atoms with Crippen LogP contribution >= 0.6 is 11.6 Å². The third-order valence-electron chi connectivity index (χ3n) is 6.01. The number of carbonyl (C=O) groups is 3. The Morgan fingerprint density at radius 3 is 2.24 bits per heavy atom. The van der Waals surface area contributed by atoms with Crippen LogP contribution in [0.25, 0.3) is 5.69 Å². The molecule has 4 rings (SSSR count). The minimum Gasteiger partial charge on any atom is -0.447 e. The maximum absolute atomic E-state index is 14.9. The Morgan fingerprint density at radius 1 is 0.974 bits per heavy atom. The van der Waals surface area contributed by atoms with E-state index in [-0.39, 0.29) is 36.1 Å². The van der Waals surface area contributed by atoms with Gasteiger partial charge in [-0.25, -0.2) is 9.18 Å². The summed E-state index contributed by atoms with van der Waals surface area (Å²) in [5.41, 5.74) is 0.301. The summed E-state index contributed by atoms with van der Waals surface area (Å²) in [7, 11) is 0.